The van der Waals surface area contributed by atoms with Crippen LogP contribution in [0.4, 0.5) is 0 Å². The highest BCUT2D eigenvalue weighted by Gasteiger charge is 2.05. The molecule has 0 saturated heterocycles. The van der Waals surface area contributed by atoms with E-state index in [0.29, 0.717) is 18.1 Å². The monoisotopic (exact) mass is 217 g/mol. The van der Waals surface area contributed by atoms with Crippen LogP contribution < -0.4 is 5.73 Å². The van der Waals surface area contributed by atoms with Crippen LogP contribution in [0.3, 0.4) is 0 Å². The summed E-state index contributed by atoms with van der Waals surface area (Å²) in [6.45, 7) is 5.88. The lowest BCUT2D eigenvalue weighted by atomic mass is 10.2. The smallest absolute Gasteiger partial charge is 0.250 e. The lowest BCUT2D eigenvalue weighted by Crippen LogP contribution is -2.18. The third-order valence-corrected chi connectivity index (χ3v) is 1.40. The normalized spacial score (nSPS) is 11.7. The summed E-state index contributed by atoms with van der Waals surface area (Å²) in [6, 6.07) is 0.0668. The summed E-state index contributed by atoms with van der Waals surface area (Å²) in [5, 5.41) is 3.80. The molecule has 1 heterocycles. The molecule has 0 bridgehead atoms. The molecule has 1 unspecified atom stereocenters. The first-order valence-electron chi connectivity index (χ1n) is 4.31. The lowest BCUT2D eigenvalue weighted by Gasteiger charge is -1.96. The van der Waals surface area contributed by atoms with Crippen LogP contribution in [-0.2, 0) is 6.42 Å². The molecule has 0 aliphatic heterocycles. The second kappa shape index (κ2) is 5.78. The van der Waals surface area contributed by atoms with Crippen molar-refractivity contribution in [3.63, 3.8) is 0 Å². The van der Waals surface area contributed by atoms with E-state index in [9.17, 15) is 0 Å². The van der Waals surface area contributed by atoms with E-state index in [1.807, 2.05) is 26.8 Å². The largest absolute Gasteiger partial charge is 0.335 e. The fourth-order valence-corrected chi connectivity index (χ4v) is 0.944. The van der Waals surface area contributed by atoms with E-state index < -0.39 is 0 Å². The number of hydrogen-bond donors (Lipinski definition) is 1. The summed E-state index contributed by atoms with van der Waals surface area (Å²) in [4.78, 5) is 4.16. The van der Waals surface area contributed by atoms with Crippen LogP contribution in [-0.4, -0.2) is 16.2 Å². The third-order valence-electron chi connectivity index (χ3n) is 1.40. The van der Waals surface area contributed by atoms with Gasteiger partial charge in [0.1, 0.15) is 0 Å². The summed E-state index contributed by atoms with van der Waals surface area (Å²) in [6.07, 6.45) is 2.50. The molecular formula is C9H16ClN3O. The average molecular weight is 218 g/mol. The van der Waals surface area contributed by atoms with Gasteiger partial charge in [-0.2, -0.15) is 4.98 Å². The van der Waals surface area contributed by atoms with Gasteiger partial charge in [-0.15, -0.1) is 12.4 Å². The number of nitrogens with two attached hydrogens (primary N) is 1. The average Bonchev–Trinajstić information content (AvgIpc) is 2.33. The lowest BCUT2D eigenvalue weighted by molar-refractivity contribution is 0.401. The summed E-state index contributed by atoms with van der Waals surface area (Å²) in [5.41, 5.74) is 6.73. The van der Waals surface area contributed by atoms with E-state index in [1.165, 1.54) is 0 Å². The number of rotatable bonds is 3. The number of allylic oxidation sites excluding steroid dienone is 1. The van der Waals surface area contributed by atoms with Crippen LogP contribution in [0.1, 0.15) is 32.5 Å². The van der Waals surface area contributed by atoms with Gasteiger partial charge in [0.05, 0.1) is 0 Å². The Labute approximate surface area is 90.0 Å². The highest BCUT2D eigenvalue weighted by molar-refractivity contribution is 5.85. The molecule has 0 spiro atoms. The molecule has 4 nitrogen and oxygen atoms in total. The zero-order valence-corrected chi connectivity index (χ0v) is 9.47. The molecule has 80 valence electrons. The van der Waals surface area contributed by atoms with Crippen LogP contribution in [0.2, 0.25) is 0 Å². The predicted octanol–water partition coefficient (Wildman–Crippen LogP) is 1.80. The Balaban J connectivity index is 0.00000169. The molecule has 0 aromatic carbocycles. The number of hydrogen-bond acceptors (Lipinski definition) is 4. The second-order valence-electron chi connectivity index (χ2n) is 3.45. The Morgan fingerprint density at radius 3 is 2.71 bits per heavy atom. The molecular weight excluding hydrogens is 202 g/mol. The van der Waals surface area contributed by atoms with Gasteiger partial charge in [0, 0.05) is 18.5 Å². The van der Waals surface area contributed by atoms with E-state index in [2.05, 4.69) is 10.1 Å². The Morgan fingerprint density at radius 2 is 2.21 bits per heavy atom. The molecule has 1 aromatic rings. The molecule has 1 rings (SSSR count). The van der Waals surface area contributed by atoms with Crippen molar-refractivity contribution < 1.29 is 4.52 Å². The van der Waals surface area contributed by atoms with Crippen LogP contribution in [0.25, 0.3) is 6.08 Å². The summed E-state index contributed by atoms with van der Waals surface area (Å²) in [7, 11) is 0. The van der Waals surface area contributed by atoms with E-state index in [1.54, 1.807) is 0 Å². The van der Waals surface area contributed by atoms with E-state index in [0.717, 1.165) is 5.57 Å². The standard InChI is InChI=1S/C9H15N3O.ClH/c1-6(2)4-9-11-8(12-13-9)5-7(3)10;/h4,7H,5,10H2,1-3H3;1H. The van der Waals surface area contributed by atoms with Crippen LogP contribution >= 0.6 is 12.4 Å². The van der Waals surface area contributed by atoms with Gasteiger partial charge in [0.15, 0.2) is 5.82 Å². The molecule has 0 fully saturated rings. The molecule has 0 aliphatic carbocycles. The van der Waals surface area contributed by atoms with Crippen molar-refractivity contribution in [3.8, 4) is 0 Å². The Morgan fingerprint density at radius 1 is 1.57 bits per heavy atom. The van der Waals surface area contributed by atoms with Crippen molar-refractivity contribution in [1.82, 2.24) is 10.1 Å². The van der Waals surface area contributed by atoms with Crippen LogP contribution in [0.15, 0.2) is 10.1 Å². The van der Waals surface area contributed by atoms with Crippen molar-refractivity contribution in [2.24, 2.45) is 5.73 Å². The van der Waals surface area contributed by atoms with Crippen molar-refractivity contribution in [1.29, 1.82) is 0 Å². The van der Waals surface area contributed by atoms with Gasteiger partial charge in [0.2, 0.25) is 0 Å². The first-order valence-corrected chi connectivity index (χ1v) is 4.31. The molecule has 2 N–H and O–H groups in total. The minimum atomic E-state index is 0. The maximum absolute atomic E-state index is 5.60. The zero-order chi connectivity index (χ0) is 9.84. The highest BCUT2D eigenvalue weighted by atomic mass is 35.5. The molecule has 1 atom stereocenters. The maximum atomic E-state index is 5.60. The minimum absolute atomic E-state index is 0. The van der Waals surface area contributed by atoms with E-state index in [4.69, 9.17) is 10.3 Å². The molecule has 5 heteroatoms. The molecule has 0 aliphatic rings. The maximum Gasteiger partial charge on any atom is 0.250 e. The van der Waals surface area contributed by atoms with Crippen molar-refractivity contribution in [2.45, 2.75) is 33.2 Å². The number of halogens is 1. The van der Waals surface area contributed by atoms with Gasteiger partial charge in [-0.25, -0.2) is 0 Å². The first-order chi connectivity index (χ1) is 6.08. The quantitative estimate of drug-likeness (QED) is 0.839. The van der Waals surface area contributed by atoms with Gasteiger partial charge >= 0.3 is 0 Å². The third kappa shape index (κ3) is 4.39. The minimum Gasteiger partial charge on any atom is -0.335 e. The second-order valence-corrected chi connectivity index (χ2v) is 3.45. The zero-order valence-electron chi connectivity index (χ0n) is 8.65. The van der Waals surface area contributed by atoms with Gasteiger partial charge in [-0.3, -0.25) is 0 Å². The molecule has 1 aromatic heterocycles. The van der Waals surface area contributed by atoms with Gasteiger partial charge in [0.25, 0.3) is 5.89 Å². The Kier molecular flexibility index (Phi) is 5.42. The van der Waals surface area contributed by atoms with Gasteiger partial charge in [-0.05, 0) is 20.8 Å². The molecule has 0 saturated carbocycles. The van der Waals surface area contributed by atoms with Gasteiger partial charge < -0.3 is 10.3 Å². The molecule has 0 radical (unpaired) electrons. The highest BCUT2D eigenvalue weighted by Crippen LogP contribution is 2.04. The van der Waals surface area contributed by atoms with Crippen molar-refractivity contribution >= 4 is 18.5 Å². The fourth-order valence-electron chi connectivity index (χ4n) is 0.944. The predicted molar refractivity (Wildman–Crippen MR) is 58.2 cm³/mol. The molecule has 0 amide bonds. The summed E-state index contributed by atoms with van der Waals surface area (Å²) >= 11 is 0. The fraction of sp³-hybridized carbons (Fsp3) is 0.556. The topological polar surface area (TPSA) is 64.9 Å². The Hall–Kier alpha value is -0.870. The van der Waals surface area contributed by atoms with Crippen molar-refractivity contribution in [2.75, 3.05) is 0 Å². The summed E-state index contributed by atoms with van der Waals surface area (Å²) < 4.78 is 4.98. The van der Waals surface area contributed by atoms with Crippen LogP contribution in [0, 0.1) is 0 Å². The molecule has 14 heavy (non-hydrogen) atoms. The first kappa shape index (κ1) is 13.1. The van der Waals surface area contributed by atoms with Crippen molar-refractivity contribution in [3.05, 3.63) is 17.3 Å². The van der Waals surface area contributed by atoms with Gasteiger partial charge in [-0.1, -0.05) is 10.7 Å². The summed E-state index contributed by atoms with van der Waals surface area (Å²) in [5.74, 6) is 1.22. The Bertz CT molecular complexity index is 303. The van der Waals surface area contributed by atoms with Crippen LogP contribution in [0.5, 0.6) is 0 Å². The SMILES string of the molecule is CC(C)=Cc1nc(CC(C)N)no1.Cl. The van der Waals surface area contributed by atoms with E-state index in [-0.39, 0.29) is 18.4 Å². The van der Waals surface area contributed by atoms with E-state index >= 15 is 0 Å². The number of aromatic nitrogens is 2. The number of nitrogens with zero attached hydrogens (tertiary/aromatic N) is 2.